The average Bonchev–Trinajstić information content (AvgIpc) is 3.31. The second-order valence-electron chi connectivity index (χ2n) is 12.0. The van der Waals surface area contributed by atoms with E-state index in [0.29, 0.717) is 43.8 Å². The summed E-state index contributed by atoms with van der Waals surface area (Å²) in [4.78, 5) is 16.1. The summed E-state index contributed by atoms with van der Waals surface area (Å²) in [7, 11) is -4.06. The van der Waals surface area contributed by atoms with Crippen molar-refractivity contribution >= 4 is 15.9 Å². The van der Waals surface area contributed by atoms with Gasteiger partial charge in [0.05, 0.1) is 12.7 Å². The SMILES string of the molecule is CC(C)CCN1CCC2(CCOc3cc(C4CCOCC4)ccc3S(=O)(=O)N3C[C@H](O)C[C@H]3C(=O)N2)CC1. The van der Waals surface area contributed by atoms with Crippen LogP contribution in [0.3, 0.4) is 0 Å². The molecule has 1 amide bonds. The zero-order chi connectivity index (χ0) is 26.9. The molecular weight excluding hydrogens is 506 g/mol. The zero-order valence-corrected chi connectivity index (χ0v) is 23.5. The first-order valence-electron chi connectivity index (χ1n) is 14.3. The molecule has 0 bridgehead atoms. The maximum absolute atomic E-state index is 13.9. The first-order valence-corrected chi connectivity index (χ1v) is 15.7. The first-order chi connectivity index (χ1) is 18.2. The van der Waals surface area contributed by atoms with Crippen LogP contribution in [0.15, 0.2) is 23.1 Å². The van der Waals surface area contributed by atoms with E-state index in [1.807, 2.05) is 12.1 Å². The number of carbonyl (C=O) groups excluding carboxylic acids is 1. The van der Waals surface area contributed by atoms with Gasteiger partial charge < -0.3 is 24.8 Å². The summed E-state index contributed by atoms with van der Waals surface area (Å²) in [6, 6.07) is 4.42. The van der Waals surface area contributed by atoms with Crippen LogP contribution in [0.5, 0.6) is 5.75 Å². The molecule has 212 valence electrons. The molecule has 2 atom stereocenters. The van der Waals surface area contributed by atoms with Gasteiger partial charge in [0.2, 0.25) is 15.9 Å². The number of amides is 1. The fourth-order valence-electron chi connectivity index (χ4n) is 6.33. The van der Waals surface area contributed by atoms with Crippen molar-refractivity contribution in [2.75, 3.05) is 46.0 Å². The Labute approximate surface area is 226 Å². The Morgan fingerprint density at radius 1 is 1.13 bits per heavy atom. The van der Waals surface area contributed by atoms with Crippen LogP contribution in [0.2, 0.25) is 0 Å². The Bertz CT molecular complexity index is 1100. The number of benzene rings is 1. The van der Waals surface area contributed by atoms with Gasteiger partial charge in [0.15, 0.2) is 0 Å². The summed E-state index contributed by atoms with van der Waals surface area (Å²) in [5.41, 5.74) is 0.592. The molecule has 4 aliphatic heterocycles. The summed E-state index contributed by atoms with van der Waals surface area (Å²) in [6.45, 7) is 8.87. The molecule has 1 aromatic carbocycles. The summed E-state index contributed by atoms with van der Waals surface area (Å²) in [5, 5.41) is 13.7. The molecule has 4 heterocycles. The van der Waals surface area contributed by atoms with Gasteiger partial charge >= 0.3 is 0 Å². The molecule has 4 aliphatic rings. The number of aliphatic hydroxyl groups is 1. The highest BCUT2D eigenvalue weighted by atomic mass is 32.2. The predicted octanol–water partition coefficient (Wildman–Crippen LogP) is 2.48. The van der Waals surface area contributed by atoms with Crippen LogP contribution in [-0.4, -0.2) is 92.3 Å². The van der Waals surface area contributed by atoms with Crippen LogP contribution in [0.1, 0.15) is 70.3 Å². The first kappa shape index (κ1) is 27.8. The molecule has 10 heteroatoms. The van der Waals surface area contributed by atoms with Crippen molar-refractivity contribution in [1.82, 2.24) is 14.5 Å². The third-order valence-electron chi connectivity index (χ3n) is 8.85. The number of piperidine rings is 1. The summed E-state index contributed by atoms with van der Waals surface area (Å²) >= 11 is 0. The van der Waals surface area contributed by atoms with Crippen LogP contribution in [-0.2, 0) is 19.6 Å². The van der Waals surface area contributed by atoms with E-state index in [-0.39, 0.29) is 23.8 Å². The Kier molecular flexibility index (Phi) is 8.36. The minimum Gasteiger partial charge on any atom is -0.492 e. The third-order valence-corrected chi connectivity index (χ3v) is 10.8. The van der Waals surface area contributed by atoms with Crippen molar-refractivity contribution in [2.24, 2.45) is 5.92 Å². The lowest BCUT2D eigenvalue weighted by Crippen LogP contribution is -2.59. The molecule has 0 radical (unpaired) electrons. The number of nitrogens with one attached hydrogen (secondary N) is 1. The minimum absolute atomic E-state index is 0.0691. The van der Waals surface area contributed by atoms with Crippen molar-refractivity contribution in [3.05, 3.63) is 23.8 Å². The maximum atomic E-state index is 13.9. The van der Waals surface area contributed by atoms with E-state index >= 15 is 0 Å². The van der Waals surface area contributed by atoms with Gasteiger partial charge in [0.1, 0.15) is 16.7 Å². The second-order valence-corrected chi connectivity index (χ2v) is 13.8. The molecule has 0 aromatic heterocycles. The number of carbonyl (C=O) groups is 1. The van der Waals surface area contributed by atoms with Gasteiger partial charge in [-0.3, -0.25) is 4.79 Å². The molecule has 3 saturated heterocycles. The largest absolute Gasteiger partial charge is 0.492 e. The highest BCUT2D eigenvalue weighted by Gasteiger charge is 2.47. The van der Waals surface area contributed by atoms with Crippen LogP contribution >= 0.6 is 0 Å². The highest BCUT2D eigenvalue weighted by molar-refractivity contribution is 7.89. The van der Waals surface area contributed by atoms with E-state index in [1.165, 1.54) is 4.31 Å². The van der Waals surface area contributed by atoms with Gasteiger partial charge in [-0.2, -0.15) is 4.31 Å². The van der Waals surface area contributed by atoms with Crippen LogP contribution in [0.25, 0.3) is 0 Å². The number of aliphatic hydroxyl groups excluding tert-OH is 1. The van der Waals surface area contributed by atoms with Crippen LogP contribution in [0, 0.1) is 5.92 Å². The van der Waals surface area contributed by atoms with Gasteiger partial charge in [-0.1, -0.05) is 19.9 Å². The Hall–Kier alpha value is -1.72. The van der Waals surface area contributed by atoms with E-state index in [0.717, 1.165) is 57.3 Å². The summed E-state index contributed by atoms with van der Waals surface area (Å²) in [6.07, 6.45) is 4.31. The topological polar surface area (TPSA) is 108 Å². The van der Waals surface area contributed by atoms with E-state index in [2.05, 4.69) is 24.1 Å². The normalized spacial score (nSPS) is 28.8. The Morgan fingerprint density at radius 2 is 1.87 bits per heavy atom. The smallest absolute Gasteiger partial charge is 0.247 e. The fraction of sp³-hybridized carbons (Fsp3) is 0.750. The number of fused-ring (bicyclic) bond motifs is 2. The molecular formula is C28H43N3O6S. The number of rotatable bonds is 4. The number of likely N-dealkylation sites (tertiary alicyclic amines) is 1. The quantitative estimate of drug-likeness (QED) is 0.594. The lowest BCUT2D eigenvalue weighted by Gasteiger charge is -2.43. The molecule has 5 rings (SSSR count). The van der Waals surface area contributed by atoms with Gasteiger partial charge in [0, 0.05) is 51.2 Å². The standard InChI is InChI=1S/C28H43N3O6S/c1-20(2)5-11-30-12-8-28(9-13-30)10-16-37-25-17-22(21-6-14-36-15-7-21)3-4-26(25)38(34,35)31-19-23(32)18-24(31)27(33)29-28/h3-4,17,20-21,23-24,32H,5-16,18-19H2,1-2H3,(H,29,33)/t23-,24+/m1/s1. The van der Waals surface area contributed by atoms with E-state index in [9.17, 15) is 18.3 Å². The minimum atomic E-state index is -4.06. The zero-order valence-electron chi connectivity index (χ0n) is 22.7. The molecule has 3 fully saturated rings. The predicted molar refractivity (Wildman–Crippen MR) is 144 cm³/mol. The molecule has 1 spiro atoms. The van der Waals surface area contributed by atoms with Crippen LogP contribution < -0.4 is 10.1 Å². The van der Waals surface area contributed by atoms with Crippen molar-refractivity contribution in [1.29, 1.82) is 0 Å². The molecule has 38 heavy (non-hydrogen) atoms. The number of ether oxygens (including phenoxy) is 2. The van der Waals surface area contributed by atoms with Crippen LogP contribution in [0.4, 0.5) is 0 Å². The third kappa shape index (κ3) is 5.89. The lowest BCUT2D eigenvalue weighted by atomic mass is 9.84. The van der Waals surface area contributed by atoms with Gasteiger partial charge in [-0.15, -0.1) is 0 Å². The van der Waals surface area contributed by atoms with Crippen molar-refractivity contribution in [3.8, 4) is 5.75 Å². The van der Waals surface area contributed by atoms with E-state index in [4.69, 9.17) is 9.47 Å². The monoisotopic (exact) mass is 549 g/mol. The number of nitrogens with zero attached hydrogens (tertiary/aromatic N) is 2. The van der Waals surface area contributed by atoms with Gasteiger partial charge in [-0.05, 0) is 68.2 Å². The molecule has 0 aliphatic carbocycles. The maximum Gasteiger partial charge on any atom is 0.247 e. The van der Waals surface area contributed by atoms with Crippen molar-refractivity contribution in [3.63, 3.8) is 0 Å². The highest BCUT2D eigenvalue weighted by Crippen LogP contribution is 2.38. The lowest BCUT2D eigenvalue weighted by molar-refractivity contribution is -0.127. The average molecular weight is 550 g/mol. The van der Waals surface area contributed by atoms with Gasteiger partial charge in [-0.25, -0.2) is 8.42 Å². The number of hydrogen-bond acceptors (Lipinski definition) is 7. The fourth-order valence-corrected chi connectivity index (χ4v) is 8.08. The molecule has 9 nitrogen and oxygen atoms in total. The Morgan fingerprint density at radius 3 is 2.58 bits per heavy atom. The summed E-state index contributed by atoms with van der Waals surface area (Å²) in [5.74, 6) is 0.963. The van der Waals surface area contributed by atoms with Gasteiger partial charge in [0.25, 0.3) is 0 Å². The van der Waals surface area contributed by atoms with E-state index < -0.39 is 27.7 Å². The van der Waals surface area contributed by atoms with Crippen molar-refractivity contribution < 1.29 is 27.8 Å². The molecule has 0 saturated carbocycles. The number of sulfonamides is 1. The van der Waals surface area contributed by atoms with Crippen molar-refractivity contribution in [2.45, 2.75) is 87.3 Å². The second kappa shape index (κ2) is 11.4. The molecule has 2 N–H and O–H groups in total. The Balaban J connectivity index is 1.44. The molecule has 0 unspecified atom stereocenters. The van der Waals surface area contributed by atoms with E-state index in [1.54, 1.807) is 6.07 Å². The number of hydrogen-bond donors (Lipinski definition) is 2. The molecule has 1 aromatic rings. The summed E-state index contributed by atoms with van der Waals surface area (Å²) < 4.78 is 40.7.